The molecule has 7 rings (SSSR count). The first-order valence-electron chi connectivity index (χ1n) is 14.2. The number of benzene rings is 2. The molecule has 0 amide bonds. The number of nitrogens with zero attached hydrogens (tertiary/aromatic N) is 4. The summed E-state index contributed by atoms with van der Waals surface area (Å²) in [5.41, 5.74) is 3.87. The van der Waals surface area contributed by atoms with Crippen LogP contribution in [0.4, 0.5) is 0 Å². The van der Waals surface area contributed by atoms with Crippen molar-refractivity contribution >= 4 is 28.0 Å². The highest BCUT2D eigenvalue weighted by Gasteiger charge is 2.26. The number of carboxylic acids is 1. The largest absolute Gasteiger partial charge is 0.478 e. The van der Waals surface area contributed by atoms with Crippen LogP contribution in [0, 0.1) is 0 Å². The number of piperidine rings is 1. The van der Waals surface area contributed by atoms with Crippen molar-refractivity contribution in [3.63, 3.8) is 0 Å². The van der Waals surface area contributed by atoms with Crippen LogP contribution in [0.25, 0.3) is 22.0 Å². The zero-order valence-electron chi connectivity index (χ0n) is 22.7. The van der Waals surface area contributed by atoms with Crippen LogP contribution in [0.3, 0.4) is 0 Å². The van der Waals surface area contributed by atoms with Gasteiger partial charge in [-0.15, -0.1) is 0 Å². The molecule has 2 aliphatic heterocycles. The first kappa shape index (κ1) is 25.7. The van der Waals surface area contributed by atoms with Crippen LogP contribution in [0.15, 0.2) is 71.1 Å². The third-order valence-electron chi connectivity index (χ3n) is 8.21. The molecule has 1 N–H and O–H groups in total. The van der Waals surface area contributed by atoms with E-state index in [-0.39, 0.29) is 11.7 Å². The highest BCUT2D eigenvalue weighted by molar-refractivity contribution is 5.92. The Morgan fingerprint density at radius 1 is 1.00 bits per heavy atom. The smallest absolute Gasteiger partial charge is 0.335 e. The van der Waals surface area contributed by atoms with Crippen LogP contribution in [0.5, 0.6) is 5.88 Å². The number of likely N-dealkylation sites (tertiary alicyclic amines) is 1. The van der Waals surface area contributed by atoms with Gasteiger partial charge in [-0.05, 0) is 68.8 Å². The van der Waals surface area contributed by atoms with Crippen molar-refractivity contribution in [1.82, 2.24) is 19.4 Å². The lowest BCUT2D eigenvalue weighted by Crippen LogP contribution is -2.35. The quantitative estimate of drug-likeness (QED) is 0.251. The van der Waals surface area contributed by atoms with Crippen LogP contribution in [-0.4, -0.2) is 56.3 Å². The minimum absolute atomic E-state index is 0.151. The van der Waals surface area contributed by atoms with Gasteiger partial charge in [0.2, 0.25) is 5.88 Å². The molecular weight excluding hydrogens is 520 g/mol. The van der Waals surface area contributed by atoms with Gasteiger partial charge >= 0.3 is 5.97 Å². The number of para-hydroxylation sites is 1. The minimum Gasteiger partial charge on any atom is -0.478 e. The van der Waals surface area contributed by atoms with E-state index in [0.717, 1.165) is 78.2 Å². The highest BCUT2D eigenvalue weighted by atomic mass is 16.5. The Hall–Kier alpha value is -4.21. The third-order valence-corrected chi connectivity index (χ3v) is 8.21. The summed E-state index contributed by atoms with van der Waals surface area (Å²) in [5, 5.41) is 10.6. The molecule has 0 spiro atoms. The van der Waals surface area contributed by atoms with Crippen molar-refractivity contribution in [2.24, 2.45) is 0 Å². The lowest BCUT2D eigenvalue weighted by molar-refractivity contribution is -0.0592. The number of hydrogen-bond acceptors (Lipinski definition) is 7. The van der Waals surface area contributed by atoms with Gasteiger partial charge in [0.1, 0.15) is 23.8 Å². The molecule has 2 aromatic carbocycles. The number of furan rings is 1. The van der Waals surface area contributed by atoms with Crippen molar-refractivity contribution in [2.75, 3.05) is 19.7 Å². The molecule has 0 saturated carbocycles. The number of carbonyl (C=O) groups is 1. The second-order valence-electron chi connectivity index (χ2n) is 10.9. The van der Waals surface area contributed by atoms with Crippen molar-refractivity contribution in [2.45, 2.75) is 51.0 Å². The zero-order valence-corrected chi connectivity index (χ0v) is 22.7. The lowest BCUT2D eigenvalue weighted by atomic mass is 9.93. The maximum atomic E-state index is 11.6. The van der Waals surface area contributed by atoms with Crippen molar-refractivity contribution in [3.05, 3.63) is 89.6 Å². The normalized spacial score (nSPS) is 18.1. The van der Waals surface area contributed by atoms with E-state index in [1.54, 1.807) is 12.1 Å². The molecule has 0 bridgehead atoms. The van der Waals surface area contributed by atoms with Crippen LogP contribution >= 0.6 is 0 Å². The van der Waals surface area contributed by atoms with Crippen LogP contribution < -0.4 is 4.74 Å². The van der Waals surface area contributed by atoms with Gasteiger partial charge in [-0.2, -0.15) is 0 Å². The fourth-order valence-corrected chi connectivity index (χ4v) is 5.84. The number of aromatic nitrogens is 3. The SMILES string of the molecule is O=C(O)c1ccc2nc(CN3CCC(c4cccc(OCc5cc6ccccc6o5)n4)CC3)n(C[C@@H]3CCO3)c2c1. The van der Waals surface area contributed by atoms with Crippen LogP contribution in [0.2, 0.25) is 0 Å². The van der Waals surface area contributed by atoms with E-state index in [1.165, 1.54) is 0 Å². The van der Waals surface area contributed by atoms with Gasteiger partial charge in [-0.25, -0.2) is 14.8 Å². The Labute approximate surface area is 237 Å². The van der Waals surface area contributed by atoms with Gasteiger partial charge in [0.15, 0.2) is 0 Å². The molecule has 0 unspecified atom stereocenters. The number of aromatic carboxylic acids is 1. The van der Waals surface area contributed by atoms with Gasteiger partial charge in [-0.3, -0.25) is 4.90 Å². The monoisotopic (exact) mass is 552 g/mol. The number of rotatable bonds is 9. The molecule has 210 valence electrons. The third kappa shape index (κ3) is 5.42. The Bertz CT molecular complexity index is 1660. The van der Waals surface area contributed by atoms with E-state index < -0.39 is 5.97 Å². The molecule has 2 fully saturated rings. The molecular formula is C32H32N4O5. The summed E-state index contributed by atoms with van der Waals surface area (Å²) < 4.78 is 19.7. The number of carboxylic acid groups (broad SMARTS) is 1. The number of pyridine rings is 1. The summed E-state index contributed by atoms with van der Waals surface area (Å²) in [6, 6.07) is 21.1. The maximum absolute atomic E-state index is 11.6. The van der Waals surface area contributed by atoms with Crippen molar-refractivity contribution in [3.8, 4) is 5.88 Å². The van der Waals surface area contributed by atoms with Gasteiger partial charge < -0.3 is 23.6 Å². The molecule has 0 aliphatic carbocycles. The minimum atomic E-state index is -0.930. The average Bonchev–Trinajstić information content (AvgIpc) is 3.54. The Balaban J connectivity index is 1.00. The van der Waals surface area contributed by atoms with E-state index in [1.807, 2.05) is 48.5 Å². The molecule has 5 heterocycles. The number of ether oxygens (including phenoxy) is 2. The van der Waals surface area contributed by atoms with E-state index >= 15 is 0 Å². The van der Waals surface area contributed by atoms with Gasteiger partial charge in [-0.1, -0.05) is 24.3 Å². The molecule has 2 saturated heterocycles. The van der Waals surface area contributed by atoms with Gasteiger partial charge in [0.05, 0.1) is 35.8 Å². The Morgan fingerprint density at radius 2 is 1.85 bits per heavy atom. The number of hydrogen-bond donors (Lipinski definition) is 1. The van der Waals surface area contributed by atoms with Crippen molar-refractivity contribution in [1.29, 1.82) is 0 Å². The summed E-state index contributed by atoms with van der Waals surface area (Å²) in [4.78, 5) is 23.8. The molecule has 9 nitrogen and oxygen atoms in total. The van der Waals surface area contributed by atoms with Crippen molar-refractivity contribution < 1.29 is 23.8 Å². The van der Waals surface area contributed by atoms with E-state index in [9.17, 15) is 9.90 Å². The molecule has 9 heteroatoms. The van der Waals surface area contributed by atoms with E-state index in [0.29, 0.717) is 31.5 Å². The first-order valence-corrected chi connectivity index (χ1v) is 14.2. The van der Waals surface area contributed by atoms with E-state index in [2.05, 4.69) is 15.5 Å². The first-order chi connectivity index (χ1) is 20.1. The predicted molar refractivity (Wildman–Crippen MR) is 153 cm³/mol. The summed E-state index contributed by atoms with van der Waals surface area (Å²) in [7, 11) is 0. The second-order valence-corrected chi connectivity index (χ2v) is 10.9. The fraction of sp³-hybridized carbons (Fsp3) is 0.344. The number of imidazole rings is 1. The number of fused-ring (bicyclic) bond motifs is 2. The van der Waals surface area contributed by atoms with Gasteiger partial charge in [0.25, 0.3) is 0 Å². The standard InChI is InChI=1S/C32H32N4O5/c37-32(38)23-8-9-27-28(17-23)36(18-24-12-15-39-24)30(33-27)19-35-13-10-21(11-14-35)26-5-3-7-31(34-26)40-20-25-16-22-4-1-2-6-29(22)41-25/h1-9,16-17,21,24H,10-15,18-20H2,(H,37,38)/t24-/m0/s1. The lowest BCUT2D eigenvalue weighted by Gasteiger charge is -2.32. The van der Waals surface area contributed by atoms with E-state index in [4.69, 9.17) is 23.9 Å². The average molecular weight is 553 g/mol. The topological polar surface area (TPSA) is 103 Å². The second kappa shape index (κ2) is 11.0. The summed E-state index contributed by atoms with van der Waals surface area (Å²) in [6.07, 6.45) is 3.15. The zero-order chi connectivity index (χ0) is 27.8. The predicted octanol–water partition coefficient (Wildman–Crippen LogP) is 5.62. The highest BCUT2D eigenvalue weighted by Crippen LogP contribution is 2.30. The Kier molecular flexibility index (Phi) is 6.90. The molecule has 0 radical (unpaired) electrons. The maximum Gasteiger partial charge on any atom is 0.335 e. The summed E-state index contributed by atoms with van der Waals surface area (Å²) >= 11 is 0. The summed E-state index contributed by atoms with van der Waals surface area (Å²) in [6.45, 7) is 4.38. The molecule has 2 aliphatic rings. The summed E-state index contributed by atoms with van der Waals surface area (Å²) in [5.74, 6) is 1.77. The Morgan fingerprint density at radius 3 is 2.63 bits per heavy atom. The molecule has 3 aromatic heterocycles. The molecule has 41 heavy (non-hydrogen) atoms. The van der Waals surface area contributed by atoms with Crippen LogP contribution in [-0.2, 0) is 24.4 Å². The van der Waals surface area contributed by atoms with Gasteiger partial charge in [0, 0.05) is 29.7 Å². The van der Waals surface area contributed by atoms with Crippen LogP contribution in [0.1, 0.15) is 52.8 Å². The molecule has 1 atom stereocenters. The molecule has 5 aromatic rings. The fourth-order valence-electron chi connectivity index (χ4n) is 5.84.